The van der Waals surface area contributed by atoms with Crippen molar-refractivity contribution in [2.24, 2.45) is 14.1 Å². The van der Waals surface area contributed by atoms with Crippen LogP contribution >= 0.6 is 11.6 Å². The van der Waals surface area contributed by atoms with E-state index >= 15 is 0 Å². The summed E-state index contributed by atoms with van der Waals surface area (Å²) in [6.45, 7) is 2.47. The Morgan fingerprint density at radius 1 is 0.974 bits per heavy atom. The van der Waals surface area contributed by atoms with Gasteiger partial charge in [0, 0.05) is 68.0 Å². The highest BCUT2D eigenvalue weighted by atomic mass is 35.5. The average molecular weight is 550 g/mol. The number of aromatic nitrogens is 3. The van der Waals surface area contributed by atoms with Gasteiger partial charge in [0.25, 0.3) is 5.56 Å². The van der Waals surface area contributed by atoms with Gasteiger partial charge in [-0.15, -0.1) is 0 Å². The Labute approximate surface area is 229 Å². The van der Waals surface area contributed by atoms with Crippen molar-refractivity contribution >= 4 is 17.3 Å². The fraction of sp³-hybridized carbons (Fsp3) is 0.310. The molecule has 10 heteroatoms. The zero-order valence-electron chi connectivity index (χ0n) is 21.7. The summed E-state index contributed by atoms with van der Waals surface area (Å²) in [5.74, 6) is -0.667. The fourth-order valence-electron chi connectivity index (χ4n) is 5.92. The first kappa shape index (κ1) is 25.5. The Balaban J connectivity index is 1.41. The molecule has 4 aromatic rings. The Bertz CT molecular complexity index is 1720. The minimum absolute atomic E-state index is 0.0332. The van der Waals surface area contributed by atoms with Crippen molar-refractivity contribution < 1.29 is 9.50 Å². The van der Waals surface area contributed by atoms with Crippen LogP contribution < -0.4 is 21.5 Å². The number of benzene rings is 2. The Morgan fingerprint density at radius 2 is 1.74 bits per heavy atom. The molecule has 0 amide bonds. The Kier molecular flexibility index (Phi) is 6.15. The number of imidazole rings is 1. The zero-order chi connectivity index (χ0) is 27.5. The number of aromatic hydroxyl groups is 1. The van der Waals surface area contributed by atoms with Gasteiger partial charge in [-0.1, -0.05) is 17.7 Å². The van der Waals surface area contributed by atoms with Crippen LogP contribution in [0.25, 0.3) is 27.9 Å². The van der Waals surface area contributed by atoms with Gasteiger partial charge in [-0.25, -0.2) is 9.18 Å². The third kappa shape index (κ3) is 4.35. The van der Waals surface area contributed by atoms with E-state index in [2.05, 4.69) is 10.2 Å². The monoisotopic (exact) mass is 549 g/mol. The van der Waals surface area contributed by atoms with Crippen LogP contribution in [0.15, 0.2) is 64.6 Å². The Morgan fingerprint density at radius 3 is 2.41 bits per heavy atom. The molecule has 8 nitrogen and oxygen atoms in total. The first-order valence-electron chi connectivity index (χ1n) is 12.9. The lowest BCUT2D eigenvalue weighted by atomic mass is 9.96. The maximum atomic E-state index is 15.0. The molecule has 2 aliphatic rings. The van der Waals surface area contributed by atoms with Crippen molar-refractivity contribution in [3.63, 3.8) is 0 Å². The largest absolute Gasteiger partial charge is 0.507 e. The lowest BCUT2D eigenvalue weighted by Crippen LogP contribution is -2.43. The SMILES string of the molecule is Cn1cc(-c2cc(F)cc(-c3ccc(-n4ccn(C)c4=O)c(Cl)c3)c2O)cc(N2CCC3(CCCN3)C2)c1=O. The quantitative estimate of drug-likeness (QED) is 0.401. The molecule has 0 aliphatic carbocycles. The van der Waals surface area contributed by atoms with Gasteiger partial charge in [0.2, 0.25) is 0 Å². The van der Waals surface area contributed by atoms with E-state index < -0.39 is 5.82 Å². The first-order chi connectivity index (χ1) is 18.7. The van der Waals surface area contributed by atoms with Crippen molar-refractivity contribution in [2.75, 3.05) is 24.5 Å². The molecule has 6 rings (SSSR count). The summed E-state index contributed by atoms with van der Waals surface area (Å²) in [4.78, 5) is 27.6. The van der Waals surface area contributed by atoms with Gasteiger partial charge < -0.3 is 24.5 Å². The number of phenols is 1. The van der Waals surface area contributed by atoms with Crippen LogP contribution in [0.3, 0.4) is 0 Å². The second kappa shape index (κ2) is 9.43. The van der Waals surface area contributed by atoms with Gasteiger partial charge in [0.1, 0.15) is 17.3 Å². The highest BCUT2D eigenvalue weighted by Gasteiger charge is 2.40. The lowest BCUT2D eigenvalue weighted by Gasteiger charge is -2.25. The molecule has 2 aliphatic heterocycles. The standard InChI is InChI=1S/C29H29ClFN5O3/c1-33-10-11-36(28(33)39)24-5-4-18(12-23(24)30)21-14-20(31)15-22(26(21)37)19-13-25(27(38)34(2)16-19)35-9-7-29(17-35)6-3-8-32-29/h4-5,10-16,32,37H,3,6-9,17H2,1-2H3. The normalized spacial score (nSPS) is 18.9. The smallest absolute Gasteiger partial charge is 0.332 e. The van der Waals surface area contributed by atoms with Gasteiger partial charge in [0.15, 0.2) is 0 Å². The molecule has 202 valence electrons. The highest BCUT2D eigenvalue weighted by Crippen LogP contribution is 2.41. The van der Waals surface area contributed by atoms with Crippen LogP contribution in [0.5, 0.6) is 5.75 Å². The van der Waals surface area contributed by atoms with Crippen molar-refractivity contribution in [3.8, 4) is 33.7 Å². The second-order valence-corrected chi connectivity index (χ2v) is 11.0. The summed E-state index contributed by atoms with van der Waals surface area (Å²) >= 11 is 6.53. The molecule has 2 aromatic carbocycles. The topological polar surface area (TPSA) is 84.4 Å². The van der Waals surface area contributed by atoms with E-state index in [9.17, 15) is 19.1 Å². The molecule has 2 saturated heterocycles. The molecule has 4 heterocycles. The summed E-state index contributed by atoms with van der Waals surface area (Å²) in [6, 6.07) is 9.20. The first-order valence-corrected chi connectivity index (χ1v) is 13.3. The number of aryl methyl sites for hydroxylation is 2. The van der Waals surface area contributed by atoms with Gasteiger partial charge >= 0.3 is 5.69 Å². The van der Waals surface area contributed by atoms with E-state index in [-0.39, 0.29) is 38.7 Å². The van der Waals surface area contributed by atoms with Crippen molar-refractivity contribution in [2.45, 2.75) is 24.8 Å². The van der Waals surface area contributed by atoms with Crippen LogP contribution in [0.2, 0.25) is 5.02 Å². The number of nitrogens with zero attached hydrogens (tertiary/aromatic N) is 4. The number of nitrogens with one attached hydrogen (secondary N) is 1. The maximum Gasteiger partial charge on any atom is 0.332 e. The van der Waals surface area contributed by atoms with E-state index in [1.54, 1.807) is 57.0 Å². The summed E-state index contributed by atoms with van der Waals surface area (Å²) in [7, 11) is 3.31. The van der Waals surface area contributed by atoms with E-state index in [1.807, 2.05) is 0 Å². The van der Waals surface area contributed by atoms with Crippen molar-refractivity contribution in [3.05, 3.63) is 86.7 Å². The minimum atomic E-state index is -0.539. The van der Waals surface area contributed by atoms with Crippen LogP contribution in [0.1, 0.15) is 19.3 Å². The van der Waals surface area contributed by atoms with E-state index in [1.165, 1.54) is 25.8 Å². The molecule has 1 atom stereocenters. The molecule has 1 spiro atoms. The molecule has 39 heavy (non-hydrogen) atoms. The van der Waals surface area contributed by atoms with Gasteiger partial charge in [-0.3, -0.25) is 9.36 Å². The third-order valence-electron chi connectivity index (χ3n) is 8.04. The van der Waals surface area contributed by atoms with Crippen LogP contribution in [0.4, 0.5) is 10.1 Å². The van der Waals surface area contributed by atoms with E-state index in [0.717, 1.165) is 38.9 Å². The predicted octanol–water partition coefficient (Wildman–Crippen LogP) is 4.04. The van der Waals surface area contributed by atoms with Crippen LogP contribution in [-0.4, -0.2) is 44.0 Å². The maximum absolute atomic E-state index is 15.0. The fourth-order valence-corrected chi connectivity index (χ4v) is 6.19. The highest BCUT2D eigenvalue weighted by molar-refractivity contribution is 6.32. The molecular formula is C29H29ClFN5O3. The van der Waals surface area contributed by atoms with Crippen molar-refractivity contribution in [1.82, 2.24) is 19.0 Å². The zero-order valence-corrected chi connectivity index (χ0v) is 22.5. The number of hydrogen-bond donors (Lipinski definition) is 2. The Hall–Kier alpha value is -3.82. The van der Waals surface area contributed by atoms with Gasteiger partial charge in [0.05, 0.1) is 10.7 Å². The number of anilines is 1. The third-order valence-corrected chi connectivity index (χ3v) is 8.34. The van der Waals surface area contributed by atoms with E-state index in [4.69, 9.17) is 11.6 Å². The minimum Gasteiger partial charge on any atom is -0.507 e. The summed E-state index contributed by atoms with van der Waals surface area (Å²) < 4.78 is 19.3. The molecule has 0 bridgehead atoms. The predicted molar refractivity (Wildman–Crippen MR) is 151 cm³/mol. The molecule has 2 fully saturated rings. The molecule has 2 aromatic heterocycles. The second-order valence-electron chi connectivity index (χ2n) is 10.6. The summed E-state index contributed by atoms with van der Waals surface area (Å²) in [6.07, 6.45) is 8.02. The molecule has 0 saturated carbocycles. The van der Waals surface area contributed by atoms with E-state index in [0.29, 0.717) is 22.5 Å². The van der Waals surface area contributed by atoms with Crippen LogP contribution in [-0.2, 0) is 14.1 Å². The molecule has 2 N–H and O–H groups in total. The molecule has 1 unspecified atom stereocenters. The summed E-state index contributed by atoms with van der Waals surface area (Å²) in [5, 5.41) is 15.2. The molecule has 0 radical (unpaired) electrons. The summed E-state index contributed by atoms with van der Waals surface area (Å²) in [5.41, 5.74) is 2.21. The number of hydrogen-bond acceptors (Lipinski definition) is 5. The lowest BCUT2D eigenvalue weighted by molar-refractivity contribution is 0.419. The number of halogens is 2. The number of phenolic OH excluding ortho intramolecular Hbond substituents is 1. The molecular weight excluding hydrogens is 521 g/mol. The van der Waals surface area contributed by atoms with Gasteiger partial charge in [-0.2, -0.15) is 0 Å². The van der Waals surface area contributed by atoms with Crippen molar-refractivity contribution in [1.29, 1.82) is 0 Å². The van der Waals surface area contributed by atoms with Gasteiger partial charge in [-0.05, 0) is 61.7 Å². The van der Waals surface area contributed by atoms with Crippen LogP contribution in [0, 0.1) is 5.82 Å². The average Bonchev–Trinajstić information content (AvgIpc) is 3.64. The number of rotatable bonds is 4. The number of pyridine rings is 1.